The van der Waals surface area contributed by atoms with E-state index in [1.165, 1.54) is 0 Å². The van der Waals surface area contributed by atoms with Crippen LogP contribution in [0.25, 0.3) is 0 Å². The molecule has 4 saturated heterocycles. The van der Waals surface area contributed by atoms with Crippen LogP contribution in [0.2, 0.25) is 0 Å². The molecule has 0 saturated carbocycles. The first kappa shape index (κ1) is 46.3. The van der Waals surface area contributed by atoms with Gasteiger partial charge < -0.3 is 50.2 Å². The zero-order valence-electron chi connectivity index (χ0n) is 36.8. The molecule has 64 heavy (non-hydrogen) atoms. The lowest BCUT2D eigenvalue weighted by molar-refractivity contribution is -0.125. The van der Waals surface area contributed by atoms with Gasteiger partial charge in [0, 0.05) is 75.6 Å². The van der Waals surface area contributed by atoms with E-state index in [4.69, 9.17) is 26.0 Å². The third kappa shape index (κ3) is 10.3. The topological polar surface area (TPSA) is 232 Å². The van der Waals surface area contributed by atoms with Gasteiger partial charge in [0.2, 0.25) is 0 Å². The van der Waals surface area contributed by atoms with Crippen LogP contribution in [0.1, 0.15) is 78.3 Å². The molecule has 0 bridgehead atoms. The summed E-state index contributed by atoms with van der Waals surface area (Å²) in [5.41, 5.74) is -0.239. The van der Waals surface area contributed by atoms with Crippen LogP contribution < -0.4 is 41.4 Å². The zero-order valence-corrected chi connectivity index (χ0v) is 37.5. The van der Waals surface area contributed by atoms with Gasteiger partial charge >= 0.3 is 18.2 Å². The van der Waals surface area contributed by atoms with E-state index in [0.29, 0.717) is 61.6 Å². The number of amides is 9. The summed E-state index contributed by atoms with van der Waals surface area (Å²) < 4.78 is 17.7. The SMILES string of the molecule is COc1ccc2c(c1)CN(CC1(CNC3CCN(C(=O)OC(C)(C)C)CC3)NC(=O)NC1=O)C2=O.COc1ccc2c(c1)CN(CC1(CNC3CCN(Cl)CC3)NC(=O)NC1=O)C2=O. The average molecular weight is 909 g/mol. The van der Waals surface area contributed by atoms with Crippen LogP contribution in [0.4, 0.5) is 14.4 Å². The van der Waals surface area contributed by atoms with Crippen LogP contribution in [0.15, 0.2) is 36.4 Å². The van der Waals surface area contributed by atoms with Crippen molar-refractivity contribution >= 4 is 53.6 Å². The Balaban J connectivity index is 0.000000195. The van der Waals surface area contributed by atoms with Crippen LogP contribution in [0.5, 0.6) is 11.5 Å². The predicted octanol–water partition coefficient (Wildman–Crippen LogP) is 1.66. The number of halogens is 1. The van der Waals surface area contributed by atoms with Crippen molar-refractivity contribution in [3.8, 4) is 11.5 Å². The second-order valence-corrected chi connectivity index (χ2v) is 18.5. The van der Waals surface area contributed by atoms with Gasteiger partial charge in [0.15, 0.2) is 11.1 Å². The summed E-state index contributed by atoms with van der Waals surface area (Å²) in [4.78, 5) is 92.5. The van der Waals surface area contributed by atoms with Crippen LogP contribution in [-0.4, -0.2) is 156 Å². The monoisotopic (exact) mass is 908 g/mol. The molecule has 6 heterocycles. The van der Waals surface area contributed by atoms with Crippen molar-refractivity contribution in [2.24, 2.45) is 0 Å². The maximum absolute atomic E-state index is 13.0. The van der Waals surface area contributed by atoms with Gasteiger partial charge in [0.1, 0.15) is 17.1 Å². The fraction of sp³-hybridized carbons (Fsp3) is 0.558. The van der Waals surface area contributed by atoms with Crippen LogP contribution in [0.3, 0.4) is 0 Å². The van der Waals surface area contributed by atoms with E-state index in [1.54, 1.807) is 57.6 Å². The van der Waals surface area contributed by atoms with Crippen LogP contribution in [0, 0.1) is 0 Å². The highest BCUT2D eigenvalue weighted by atomic mass is 35.5. The van der Waals surface area contributed by atoms with Crippen molar-refractivity contribution < 1.29 is 47.8 Å². The predicted molar refractivity (Wildman–Crippen MR) is 232 cm³/mol. The maximum atomic E-state index is 13.0. The number of hydrogen-bond acceptors (Lipinski definition) is 13. The first-order valence-electron chi connectivity index (χ1n) is 21.4. The highest BCUT2D eigenvalue weighted by molar-refractivity contribution is 6.13. The number of carbonyl (C=O) groups is 7. The summed E-state index contributed by atoms with van der Waals surface area (Å²) in [6, 6.07) is 9.67. The molecular formula is C43H57ClN10O10. The summed E-state index contributed by atoms with van der Waals surface area (Å²) in [7, 11) is 3.14. The van der Waals surface area contributed by atoms with E-state index in [0.717, 1.165) is 37.1 Å². The van der Waals surface area contributed by atoms with Crippen molar-refractivity contribution in [1.82, 2.24) is 51.0 Å². The van der Waals surface area contributed by atoms with E-state index in [1.807, 2.05) is 32.9 Å². The largest absolute Gasteiger partial charge is 0.497 e. The second kappa shape index (κ2) is 18.8. The highest BCUT2D eigenvalue weighted by Crippen LogP contribution is 2.30. The molecule has 0 radical (unpaired) electrons. The fourth-order valence-electron chi connectivity index (χ4n) is 8.80. The summed E-state index contributed by atoms with van der Waals surface area (Å²) in [6.45, 7) is 9.27. The lowest BCUT2D eigenvalue weighted by atomic mass is 9.97. The number of fused-ring (bicyclic) bond motifs is 2. The minimum absolute atomic E-state index is 0.0319. The Morgan fingerprint density at radius 3 is 1.50 bits per heavy atom. The van der Waals surface area contributed by atoms with Gasteiger partial charge in [-0.2, -0.15) is 0 Å². The van der Waals surface area contributed by atoms with Gasteiger partial charge in [0.25, 0.3) is 23.6 Å². The molecule has 0 spiro atoms. The number of methoxy groups -OCH3 is 2. The summed E-state index contributed by atoms with van der Waals surface area (Å²) in [6.07, 6.45) is 2.72. The molecule has 0 aliphatic carbocycles. The third-order valence-corrected chi connectivity index (χ3v) is 12.6. The van der Waals surface area contributed by atoms with E-state index >= 15 is 0 Å². The summed E-state index contributed by atoms with van der Waals surface area (Å²) >= 11 is 6.01. The summed E-state index contributed by atoms with van der Waals surface area (Å²) in [5.74, 6) is 0.0773. The Hall–Kier alpha value is -5.70. The number of nitrogens with zero attached hydrogens (tertiary/aromatic N) is 4. The average Bonchev–Trinajstić information content (AvgIpc) is 3.93. The van der Waals surface area contributed by atoms with E-state index in [9.17, 15) is 33.6 Å². The van der Waals surface area contributed by atoms with Crippen molar-refractivity contribution in [1.29, 1.82) is 0 Å². The molecule has 2 atom stereocenters. The quantitative estimate of drug-likeness (QED) is 0.132. The standard InChI is InChI=1S/C24H33N5O6.C19H24ClN5O4/c1-23(2,3)35-22(33)28-9-7-16(8-10-28)25-13-24(20(31)26-21(32)27-24)14-29-12-15-11-17(34-4)5-6-18(15)19(29)30;1-29-14-2-3-15-12(8-14)9-24(16(15)26)11-19(17(27)22-18(28)23-19)10-21-13-4-6-25(20)7-5-13/h5-6,11,16,25H,7-10,12-14H2,1-4H3,(H2,26,27,31,32);2-3,8,13,21H,4-7,9-11H2,1H3,(H2,22,23,27,28). The third-order valence-electron chi connectivity index (χ3n) is 12.3. The Morgan fingerprint density at radius 2 is 1.12 bits per heavy atom. The molecule has 20 nitrogen and oxygen atoms in total. The molecule has 21 heteroatoms. The first-order chi connectivity index (χ1) is 30.4. The van der Waals surface area contributed by atoms with Gasteiger partial charge in [-0.25, -0.2) is 18.8 Å². The Labute approximate surface area is 376 Å². The minimum Gasteiger partial charge on any atom is -0.497 e. The maximum Gasteiger partial charge on any atom is 0.410 e. The number of nitrogens with one attached hydrogen (secondary N) is 6. The molecule has 2 aromatic rings. The first-order valence-corrected chi connectivity index (χ1v) is 21.8. The van der Waals surface area contributed by atoms with Gasteiger partial charge in [-0.1, -0.05) is 0 Å². The molecule has 9 amide bonds. The van der Waals surface area contributed by atoms with Gasteiger partial charge in [0.05, 0.1) is 27.3 Å². The molecule has 2 aromatic carbocycles. The second-order valence-electron chi connectivity index (χ2n) is 18.0. The van der Waals surface area contributed by atoms with Crippen molar-refractivity contribution in [3.63, 3.8) is 0 Å². The Kier molecular flexibility index (Phi) is 13.6. The van der Waals surface area contributed by atoms with Crippen molar-refractivity contribution in [3.05, 3.63) is 58.7 Å². The number of likely N-dealkylation sites (tertiary alicyclic amines) is 1. The minimum atomic E-state index is -1.29. The molecule has 6 N–H and O–H groups in total. The number of carbonyl (C=O) groups excluding carboxylic acids is 7. The number of urea groups is 2. The molecule has 0 aromatic heterocycles. The number of hydrogen-bond donors (Lipinski definition) is 6. The Morgan fingerprint density at radius 1 is 0.703 bits per heavy atom. The number of rotatable bonds is 12. The molecule has 2 unspecified atom stereocenters. The lowest BCUT2D eigenvalue weighted by Crippen LogP contribution is -2.62. The number of ether oxygens (including phenoxy) is 3. The molecule has 6 aliphatic heterocycles. The van der Waals surface area contributed by atoms with E-state index in [-0.39, 0.29) is 56.2 Å². The fourth-order valence-corrected chi connectivity index (χ4v) is 8.99. The van der Waals surface area contributed by atoms with E-state index in [2.05, 4.69) is 31.9 Å². The normalized spacial score (nSPS) is 23.8. The van der Waals surface area contributed by atoms with E-state index < -0.39 is 40.6 Å². The van der Waals surface area contributed by atoms with Gasteiger partial charge in [-0.15, -0.1) is 0 Å². The highest BCUT2D eigenvalue weighted by Gasteiger charge is 2.51. The zero-order chi connectivity index (χ0) is 46.0. The van der Waals surface area contributed by atoms with Crippen molar-refractivity contribution in [2.75, 3.05) is 66.6 Å². The lowest BCUT2D eigenvalue weighted by Gasteiger charge is -2.36. The molecule has 8 rings (SSSR count). The number of imide groups is 2. The number of benzene rings is 2. The Bertz CT molecular complexity index is 2170. The van der Waals surface area contributed by atoms with Crippen LogP contribution >= 0.6 is 11.8 Å². The molecule has 4 fully saturated rings. The van der Waals surface area contributed by atoms with Gasteiger partial charge in [-0.05, 0) is 106 Å². The molecule has 6 aliphatic rings. The molecule has 346 valence electrons. The van der Waals surface area contributed by atoms with Gasteiger partial charge in [-0.3, -0.25) is 29.8 Å². The van der Waals surface area contributed by atoms with Crippen LogP contribution in [-0.2, 0) is 27.4 Å². The van der Waals surface area contributed by atoms with Crippen molar-refractivity contribution in [2.45, 2.75) is 88.3 Å². The smallest absolute Gasteiger partial charge is 0.410 e. The molecular weight excluding hydrogens is 852 g/mol. The summed E-state index contributed by atoms with van der Waals surface area (Å²) in [5, 5.41) is 16.9. The number of piperidine rings is 2.